The molecule has 1 fully saturated rings. The van der Waals surface area contributed by atoms with Crippen LogP contribution in [0.1, 0.15) is 24.7 Å². The van der Waals surface area contributed by atoms with Crippen LogP contribution in [-0.2, 0) is 16.0 Å². The van der Waals surface area contributed by atoms with Crippen molar-refractivity contribution in [3.63, 3.8) is 0 Å². The summed E-state index contributed by atoms with van der Waals surface area (Å²) in [6.45, 7) is 5.63. The van der Waals surface area contributed by atoms with E-state index in [1.807, 2.05) is 6.07 Å². The van der Waals surface area contributed by atoms with E-state index in [4.69, 9.17) is 10.2 Å². The standard InChI is InChI=1S/C13H16N4S.C9H10O4/c1-2-4-11(5-3-1)10-12-15-13(18-16-12)17-8-6-14-7-9-17;1-9(8(12)13)4-2-3-6(5-9)7(10)11/h1-5,14H,6-10H2;2-4H,5H2,1H3,(H,10,11)(H,12,13). The van der Waals surface area contributed by atoms with Gasteiger partial charge in [0.15, 0.2) is 0 Å². The van der Waals surface area contributed by atoms with Gasteiger partial charge in [0.1, 0.15) is 5.82 Å². The van der Waals surface area contributed by atoms with E-state index in [2.05, 4.69) is 43.8 Å². The van der Waals surface area contributed by atoms with Crippen LogP contribution in [0.2, 0.25) is 0 Å². The minimum atomic E-state index is -1.08. The van der Waals surface area contributed by atoms with Crippen molar-refractivity contribution in [1.82, 2.24) is 14.7 Å². The van der Waals surface area contributed by atoms with Crippen LogP contribution in [0.3, 0.4) is 0 Å². The number of hydrogen-bond acceptors (Lipinski definition) is 7. The Morgan fingerprint density at radius 3 is 2.55 bits per heavy atom. The Kier molecular flexibility index (Phi) is 7.54. The number of allylic oxidation sites excluding steroid dienone is 2. The number of benzene rings is 1. The number of carboxylic acids is 2. The van der Waals surface area contributed by atoms with Crippen molar-refractivity contribution in [2.45, 2.75) is 19.8 Å². The van der Waals surface area contributed by atoms with Gasteiger partial charge in [-0.15, -0.1) is 0 Å². The number of aliphatic carboxylic acids is 2. The predicted octanol–water partition coefficient (Wildman–Crippen LogP) is 2.59. The Hall–Kier alpha value is -3.04. The van der Waals surface area contributed by atoms with Crippen LogP contribution in [0.25, 0.3) is 0 Å². The summed E-state index contributed by atoms with van der Waals surface area (Å²) >= 11 is 1.51. The van der Waals surface area contributed by atoms with E-state index in [-0.39, 0.29) is 12.0 Å². The zero-order valence-corrected chi connectivity index (χ0v) is 18.1. The molecule has 0 bridgehead atoms. The molecule has 1 saturated heterocycles. The third-order valence-electron chi connectivity index (χ3n) is 5.13. The zero-order valence-electron chi connectivity index (χ0n) is 17.3. The van der Waals surface area contributed by atoms with Gasteiger partial charge in [-0.3, -0.25) is 4.79 Å². The Labute approximate surface area is 185 Å². The van der Waals surface area contributed by atoms with Gasteiger partial charge < -0.3 is 20.4 Å². The first-order valence-electron chi connectivity index (χ1n) is 10.0. The molecule has 9 heteroatoms. The molecule has 2 aliphatic rings. The highest BCUT2D eigenvalue weighted by Gasteiger charge is 2.34. The van der Waals surface area contributed by atoms with Gasteiger partial charge in [0.2, 0.25) is 5.13 Å². The first-order chi connectivity index (χ1) is 14.9. The van der Waals surface area contributed by atoms with Gasteiger partial charge in [0.05, 0.1) is 5.41 Å². The molecule has 1 aromatic carbocycles. The molecule has 0 spiro atoms. The Bertz CT molecular complexity index is 967. The molecule has 2 aromatic rings. The second-order valence-electron chi connectivity index (χ2n) is 7.65. The fourth-order valence-corrected chi connectivity index (χ4v) is 4.00. The highest BCUT2D eigenvalue weighted by molar-refractivity contribution is 7.09. The molecular weight excluding hydrogens is 416 g/mol. The number of carbonyl (C=O) groups is 2. The van der Waals surface area contributed by atoms with Crippen molar-refractivity contribution in [3.05, 3.63) is 65.5 Å². The molecule has 1 aromatic heterocycles. The second kappa shape index (κ2) is 10.3. The third kappa shape index (κ3) is 6.22. The average Bonchev–Trinajstić information content (AvgIpc) is 3.24. The molecule has 3 N–H and O–H groups in total. The zero-order chi connectivity index (χ0) is 22.3. The summed E-state index contributed by atoms with van der Waals surface area (Å²) in [5.41, 5.74) is 0.317. The largest absolute Gasteiger partial charge is 0.481 e. The number of carboxylic acid groups (broad SMARTS) is 2. The van der Waals surface area contributed by atoms with Gasteiger partial charge in [0, 0.05) is 49.7 Å². The molecular formula is C22H26N4O4S. The maximum atomic E-state index is 10.8. The van der Waals surface area contributed by atoms with Crippen molar-refractivity contribution in [1.29, 1.82) is 0 Å². The molecule has 2 heterocycles. The molecule has 8 nitrogen and oxygen atoms in total. The highest BCUT2D eigenvalue weighted by atomic mass is 32.1. The van der Waals surface area contributed by atoms with Gasteiger partial charge in [0.25, 0.3) is 0 Å². The molecule has 1 aliphatic heterocycles. The number of piperazine rings is 1. The Balaban J connectivity index is 0.000000187. The molecule has 4 rings (SSSR count). The van der Waals surface area contributed by atoms with Gasteiger partial charge in [-0.25, -0.2) is 9.78 Å². The maximum Gasteiger partial charge on any atom is 0.331 e. The second-order valence-corrected chi connectivity index (χ2v) is 8.38. The molecule has 31 heavy (non-hydrogen) atoms. The van der Waals surface area contributed by atoms with E-state index < -0.39 is 17.4 Å². The van der Waals surface area contributed by atoms with Gasteiger partial charge in [-0.2, -0.15) is 4.37 Å². The minimum absolute atomic E-state index is 0.0359. The monoisotopic (exact) mass is 442 g/mol. The number of anilines is 1. The summed E-state index contributed by atoms with van der Waals surface area (Å²) in [5.74, 6) is -1.13. The van der Waals surface area contributed by atoms with Crippen LogP contribution in [0.5, 0.6) is 0 Å². The van der Waals surface area contributed by atoms with Gasteiger partial charge in [-0.1, -0.05) is 48.6 Å². The lowest BCUT2D eigenvalue weighted by Crippen LogP contribution is -2.43. The van der Waals surface area contributed by atoms with Crippen LogP contribution in [-0.4, -0.2) is 57.7 Å². The summed E-state index contributed by atoms with van der Waals surface area (Å²) in [6.07, 6.45) is 5.26. The predicted molar refractivity (Wildman–Crippen MR) is 119 cm³/mol. The van der Waals surface area contributed by atoms with E-state index in [0.29, 0.717) is 0 Å². The van der Waals surface area contributed by atoms with Crippen molar-refractivity contribution in [2.75, 3.05) is 31.1 Å². The van der Waals surface area contributed by atoms with Crippen molar-refractivity contribution >= 4 is 28.6 Å². The van der Waals surface area contributed by atoms with Gasteiger partial charge >= 0.3 is 11.9 Å². The van der Waals surface area contributed by atoms with E-state index in [1.165, 1.54) is 42.2 Å². The lowest BCUT2D eigenvalue weighted by Gasteiger charge is -2.26. The molecule has 164 valence electrons. The molecule has 0 radical (unpaired) electrons. The van der Waals surface area contributed by atoms with E-state index in [9.17, 15) is 9.59 Å². The number of hydrogen-bond donors (Lipinski definition) is 3. The fourth-order valence-electron chi connectivity index (χ4n) is 3.26. The Morgan fingerprint density at radius 1 is 1.19 bits per heavy atom. The van der Waals surface area contributed by atoms with E-state index in [1.54, 1.807) is 0 Å². The van der Waals surface area contributed by atoms with Crippen LogP contribution in [0, 0.1) is 5.41 Å². The summed E-state index contributed by atoms with van der Waals surface area (Å²) < 4.78 is 4.46. The van der Waals surface area contributed by atoms with Crippen LogP contribution < -0.4 is 10.2 Å². The first-order valence-corrected chi connectivity index (χ1v) is 10.8. The third-order valence-corrected chi connectivity index (χ3v) is 5.95. The SMILES string of the molecule is CC1(C(=O)O)C=CC=C(C(=O)O)C1.c1ccc(Cc2nsc(N3CCNCC3)n2)cc1. The molecule has 1 aliphatic carbocycles. The topological polar surface area (TPSA) is 116 Å². The van der Waals surface area contributed by atoms with Crippen LogP contribution in [0.4, 0.5) is 5.13 Å². The normalized spacial score (nSPS) is 20.4. The lowest BCUT2D eigenvalue weighted by atomic mass is 9.80. The van der Waals surface area contributed by atoms with Crippen LogP contribution >= 0.6 is 11.5 Å². The van der Waals surface area contributed by atoms with Crippen molar-refractivity contribution in [2.24, 2.45) is 5.41 Å². The molecule has 0 amide bonds. The molecule has 1 unspecified atom stereocenters. The quantitative estimate of drug-likeness (QED) is 0.647. The maximum absolute atomic E-state index is 10.8. The highest BCUT2D eigenvalue weighted by Crippen LogP contribution is 2.31. The minimum Gasteiger partial charge on any atom is -0.481 e. The summed E-state index contributed by atoms with van der Waals surface area (Å²) in [6, 6.07) is 10.4. The number of rotatable bonds is 5. The average molecular weight is 443 g/mol. The number of nitrogens with zero attached hydrogens (tertiary/aromatic N) is 3. The van der Waals surface area contributed by atoms with E-state index >= 15 is 0 Å². The summed E-state index contributed by atoms with van der Waals surface area (Å²) in [7, 11) is 0. The van der Waals surface area contributed by atoms with Crippen molar-refractivity contribution in [3.8, 4) is 0 Å². The molecule has 1 atom stereocenters. The first kappa shape index (κ1) is 22.6. The van der Waals surface area contributed by atoms with E-state index in [0.717, 1.165) is 43.6 Å². The fraction of sp³-hybridized carbons (Fsp3) is 0.364. The smallest absolute Gasteiger partial charge is 0.331 e. The van der Waals surface area contributed by atoms with Crippen LogP contribution in [0.15, 0.2) is 54.1 Å². The Morgan fingerprint density at radius 2 is 1.90 bits per heavy atom. The summed E-state index contributed by atoms with van der Waals surface area (Å²) in [5, 5.41) is 21.9. The molecule has 0 saturated carbocycles. The number of aromatic nitrogens is 2. The summed E-state index contributed by atoms with van der Waals surface area (Å²) in [4.78, 5) is 28.3. The van der Waals surface area contributed by atoms with Crippen molar-refractivity contribution < 1.29 is 19.8 Å². The lowest BCUT2D eigenvalue weighted by molar-refractivity contribution is -0.145. The number of nitrogens with one attached hydrogen (secondary N) is 1. The van der Waals surface area contributed by atoms with Gasteiger partial charge in [-0.05, 0) is 18.9 Å².